The van der Waals surface area contributed by atoms with Gasteiger partial charge in [-0.25, -0.2) is 0 Å². The molecule has 30 heavy (non-hydrogen) atoms. The number of hydrogen-bond donors (Lipinski definition) is 1. The van der Waals surface area contributed by atoms with Gasteiger partial charge in [0.2, 0.25) is 0 Å². The van der Waals surface area contributed by atoms with Gasteiger partial charge in [0.25, 0.3) is 5.91 Å². The number of nitrogens with one attached hydrogen (secondary N) is 1. The number of carbonyl (C=O) groups excluding carboxylic acids is 1. The summed E-state index contributed by atoms with van der Waals surface area (Å²) in [4.78, 5) is 15.2. The topological polar surface area (TPSA) is 60.0 Å². The Bertz CT molecular complexity index is 951. The summed E-state index contributed by atoms with van der Waals surface area (Å²) < 4.78 is 17.3. The van der Waals surface area contributed by atoms with Gasteiger partial charge in [-0.15, -0.1) is 0 Å². The Balaban J connectivity index is 1.70. The molecule has 1 aliphatic heterocycles. The third-order valence-electron chi connectivity index (χ3n) is 4.60. The molecule has 9 heteroatoms. The van der Waals surface area contributed by atoms with E-state index in [0.717, 1.165) is 29.2 Å². The van der Waals surface area contributed by atoms with Gasteiger partial charge in [-0.3, -0.25) is 4.79 Å². The summed E-state index contributed by atoms with van der Waals surface area (Å²) in [7, 11) is 1.55. The van der Waals surface area contributed by atoms with Gasteiger partial charge in [-0.2, -0.15) is 0 Å². The van der Waals surface area contributed by atoms with Crippen LogP contribution < -0.4 is 14.8 Å². The zero-order valence-corrected chi connectivity index (χ0v) is 19.8. The third kappa shape index (κ3) is 5.63. The second-order valence-corrected chi connectivity index (χ2v) is 8.37. The first kappa shape index (κ1) is 22.8. The Morgan fingerprint density at radius 2 is 2.03 bits per heavy atom. The lowest BCUT2D eigenvalue weighted by atomic mass is 10.1. The molecule has 160 valence electrons. The smallest absolute Gasteiger partial charge is 0.262 e. The molecule has 0 unspecified atom stereocenters. The molecule has 3 rings (SSSR count). The number of nitrogens with zero attached hydrogens (tertiary/aromatic N) is 1. The highest BCUT2D eigenvalue weighted by molar-refractivity contribution is 9.10. The Kier molecular flexibility index (Phi) is 7.93. The number of anilines is 1. The fourth-order valence-corrected chi connectivity index (χ4v) is 4.01. The fourth-order valence-electron chi connectivity index (χ4n) is 2.99. The average molecular weight is 514 g/mol. The van der Waals surface area contributed by atoms with E-state index in [2.05, 4.69) is 26.1 Å². The lowest BCUT2D eigenvalue weighted by molar-refractivity contribution is -0.118. The quantitative estimate of drug-likeness (QED) is 0.576. The highest BCUT2D eigenvalue weighted by Gasteiger charge is 2.20. The van der Waals surface area contributed by atoms with Crippen LogP contribution in [-0.4, -0.2) is 55.8 Å². The minimum atomic E-state index is -0.303. The molecule has 0 spiro atoms. The van der Waals surface area contributed by atoms with E-state index in [4.69, 9.17) is 38.0 Å². The van der Waals surface area contributed by atoms with E-state index in [1.54, 1.807) is 19.2 Å². The number of morpholine rings is 1. The molecule has 1 N–H and O–H groups in total. The van der Waals surface area contributed by atoms with E-state index in [1.165, 1.54) is 0 Å². The van der Waals surface area contributed by atoms with Crippen LogP contribution in [0.25, 0.3) is 0 Å². The molecule has 6 nitrogen and oxygen atoms in total. The zero-order valence-electron chi connectivity index (χ0n) is 16.7. The van der Waals surface area contributed by atoms with Gasteiger partial charge >= 0.3 is 0 Å². The highest BCUT2D eigenvalue weighted by Crippen LogP contribution is 2.37. The molecule has 2 aromatic carbocycles. The van der Waals surface area contributed by atoms with E-state index in [0.29, 0.717) is 39.9 Å². The van der Waals surface area contributed by atoms with Gasteiger partial charge in [0, 0.05) is 29.4 Å². The Labute approximate surface area is 194 Å². The van der Waals surface area contributed by atoms with Gasteiger partial charge in [0.1, 0.15) is 4.99 Å². The van der Waals surface area contributed by atoms with Crippen molar-refractivity contribution in [2.45, 2.75) is 6.92 Å². The maximum Gasteiger partial charge on any atom is 0.262 e. The van der Waals surface area contributed by atoms with Crippen molar-refractivity contribution >= 4 is 56.3 Å². The van der Waals surface area contributed by atoms with Gasteiger partial charge in [0.15, 0.2) is 18.1 Å². The Morgan fingerprint density at radius 1 is 1.30 bits per heavy atom. The van der Waals surface area contributed by atoms with Crippen molar-refractivity contribution in [1.82, 2.24) is 4.90 Å². The highest BCUT2D eigenvalue weighted by atomic mass is 79.9. The SMILES string of the molecule is COc1cc(C(=S)N2CCOCC2)cc(Br)c1OCC(=O)Nc1cc(Cl)ccc1C. The predicted molar refractivity (Wildman–Crippen MR) is 125 cm³/mol. The van der Waals surface area contributed by atoms with Crippen molar-refractivity contribution in [1.29, 1.82) is 0 Å². The van der Waals surface area contributed by atoms with Gasteiger partial charge < -0.3 is 24.4 Å². The van der Waals surface area contributed by atoms with Crippen molar-refractivity contribution in [3.8, 4) is 11.5 Å². The largest absolute Gasteiger partial charge is 0.493 e. The molecule has 1 fully saturated rings. The van der Waals surface area contributed by atoms with Crippen LogP contribution in [0.3, 0.4) is 0 Å². The number of aryl methyl sites for hydroxylation is 1. The minimum absolute atomic E-state index is 0.186. The molecule has 1 amide bonds. The second kappa shape index (κ2) is 10.4. The average Bonchev–Trinajstić information content (AvgIpc) is 2.75. The molecule has 0 aromatic heterocycles. The summed E-state index contributed by atoms with van der Waals surface area (Å²) in [5, 5.41) is 3.36. The van der Waals surface area contributed by atoms with E-state index in [-0.39, 0.29) is 12.5 Å². The summed E-state index contributed by atoms with van der Waals surface area (Å²) in [6.45, 7) is 4.51. The van der Waals surface area contributed by atoms with Crippen LogP contribution in [0, 0.1) is 6.92 Å². The van der Waals surface area contributed by atoms with Crippen LogP contribution in [0.4, 0.5) is 5.69 Å². The van der Waals surface area contributed by atoms with Crippen LogP contribution in [0.2, 0.25) is 5.02 Å². The van der Waals surface area contributed by atoms with Crippen LogP contribution in [0.1, 0.15) is 11.1 Å². The van der Waals surface area contributed by atoms with E-state index in [1.807, 2.05) is 25.1 Å². The van der Waals surface area contributed by atoms with Crippen LogP contribution >= 0.6 is 39.7 Å². The Morgan fingerprint density at radius 3 is 2.73 bits per heavy atom. The first-order valence-electron chi connectivity index (χ1n) is 9.32. The molecular weight excluding hydrogens is 492 g/mol. The van der Waals surface area contributed by atoms with Crippen molar-refractivity contribution in [3.05, 3.63) is 51.0 Å². The summed E-state index contributed by atoms with van der Waals surface area (Å²) in [6, 6.07) is 9.00. The molecule has 1 aliphatic rings. The van der Waals surface area contributed by atoms with Crippen molar-refractivity contribution in [2.24, 2.45) is 0 Å². The molecule has 2 aromatic rings. The van der Waals surface area contributed by atoms with Crippen molar-refractivity contribution in [3.63, 3.8) is 0 Å². The number of ether oxygens (including phenoxy) is 3. The maximum atomic E-state index is 12.4. The molecule has 1 saturated heterocycles. The number of halogens is 2. The van der Waals surface area contributed by atoms with E-state index >= 15 is 0 Å². The standard InChI is InChI=1S/C21H22BrClN2O4S/c1-13-3-4-15(23)11-17(13)24-19(26)12-29-20-16(22)9-14(10-18(20)27-2)21(30)25-5-7-28-8-6-25/h3-4,9-11H,5-8,12H2,1-2H3,(H,24,26). The number of benzene rings is 2. The van der Waals surface area contributed by atoms with Crippen LogP contribution in [0.5, 0.6) is 11.5 Å². The first-order chi connectivity index (χ1) is 14.4. The molecule has 1 heterocycles. The lowest BCUT2D eigenvalue weighted by Gasteiger charge is -2.29. The zero-order chi connectivity index (χ0) is 21.7. The molecule has 0 radical (unpaired) electrons. The van der Waals surface area contributed by atoms with Crippen LogP contribution in [-0.2, 0) is 9.53 Å². The molecule has 0 saturated carbocycles. The van der Waals surface area contributed by atoms with Gasteiger partial charge in [0.05, 0.1) is 24.8 Å². The van der Waals surface area contributed by atoms with Gasteiger partial charge in [-0.1, -0.05) is 29.9 Å². The number of methoxy groups -OCH3 is 1. The van der Waals surface area contributed by atoms with Crippen LogP contribution in [0.15, 0.2) is 34.8 Å². The molecule has 0 aliphatic carbocycles. The summed E-state index contributed by atoms with van der Waals surface area (Å²) in [5.41, 5.74) is 2.39. The third-order valence-corrected chi connectivity index (χ3v) is 5.91. The predicted octanol–water partition coefficient (Wildman–Crippen LogP) is 4.44. The van der Waals surface area contributed by atoms with Crippen molar-refractivity contribution < 1.29 is 19.0 Å². The Hall–Kier alpha value is -1.87. The number of amides is 1. The maximum absolute atomic E-state index is 12.4. The first-order valence-corrected chi connectivity index (χ1v) is 10.9. The molecular formula is C21H22BrClN2O4S. The van der Waals surface area contributed by atoms with E-state index < -0.39 is 0 Å². The lowest BCUT2D eigenvalue weighted by Crippen LogP contribution is -2.40. The molecule has 0 atom stereocenters. The summed E-state index contributed by atoms with van der Waals surface area (Å²) in [6.07, 6.45) is 0. The second-order valence-electron chi connectivity index (χ2n) is 6.69. The fraction of sp³-hybridized carbons (Fsp3) is 0.333. The summed E-state index contributed by atoms with van der Waals surface area (Å²) in [5.74, 6) is 0.618. The molecule has 0 bridgehead atoms. The minimum Gasteiger partial charge on any atom is -0.493 e. The van der Waals surface area contributed by atoms with Crippen molar-refractivity contribution in [2.75, 3.05) is 45.3 Å². The summed E-state index contributed by atoms with van der Waals surface area (Å²) >= 11 is 15.1. The van der Waals surface area contributed by atoms with Gasteiger partial charge in [-0.05, 0) is 52.7 Å². The van der Waals surface area contributed by atoms with E-state index in [9.17, 15) is 4.79 Å². The number of hydrogen-bond acceptors (Lipinski definition) is 5. The normalized spacial score (nSPS) is 13.7. The monoisotopic (exact) mass is 512 g/mol. The number of rotatable bonds is 6. The number of thiocarbonyl (C=S) groups is 1. The number of carbonyl (C=O) groups is 1.